The minimum Gasteiger partial charge on any atom is -0.508 e. The van der Waals surface area contributed by atoms with Gasteiger partial charge in [-0.2, -0.15) is 0 Å². The van der Waals surface area contributed by atoms with Gasteiger partial charge in [-0.3, -0.25) is 4.79 Å². The van der Waals surface area contributed by atoms with Gasteiger partial charge in [-0.25, -0.2) is 0 Å². The number of nitrogens with zero attached hydrogens (tertiary/aromatic N) is 1. The van der Waals surface area contributed by atoms with Crippen LogP contribution in [0.5, 0.6) is 5.75 Å². The summed E-state index contributed by atoms with van der Waals surface area (Å²) in [5.74, 6) is 0.0780. The van der Waals surface area contributed by atoms with Crippen LogP contribution in [0.2, 0.25) is 0 Å². The third-order valence-electron chi connectivity index (χ3n) is 3.70. The first-order valence-electron chi connectivity index (χ1n) is 6.94. The van der Waals surface area contributed by atoms with Crippen molar-refractivity contribution in [1.29, 1.82) is 0 Å². The number of aryl methyl sites for hydroxylation is 1. The fourth-order valence-corrected chi connectivity index (χ4v) is 2.70. The maximum Gasteiger partial charge on any atom is 0.258 e. The molecule has 0 spiro atoms. The summed E-state index contributed by atoms with van der Waals surface area (Å²) < 4.78 is 0. The Kier molecular flexibility index (Phi) is 3.42. The van der Waals surface area contributed by atoms with Crippen LogP contribution in [0.25, 0.3) is 0 Å². The summed E-state index contributed by atoms with van der Waals surface area (Å²) in [6.07, 6.45) is 3.11. The zero-order valence-corrected chi connectivity index (χ0v) is 11.2. The summed E-state index contributed by atoms with van der Waals surface area (Å²) in [6, 6.07) is 14.6. The van der Waals surface area contributed by atoms with E-state index >= 15 is 0 Å². The molecule has 0 saturated carbocycles. The second-order valence-corrected chi connectivity index (χ2v) is 5.09. The Hall–Kier alpha value is -2.29. The zero-order valence-electron chi connectivity index (χ0n) is 11.2. The summed E-state index contributed by atoms with van der Waals surface area (Å²) in [7, 11) is 0. The average molecular weight is 267 g/mol. The first-order valence-corrected chi connectivity index (χ1v) is 6.94. The van der Waals surface area contributed by atoms with Crippen molar-refractivity contribution in [2.24, 2.45) is 0 Å². The summed E-state index contributed by atoms with van der Waals surface area (Å²) in [4.78, 5) is 14.5. The van der Waals surface area contributed by atoms with Crippen molar-refractivity contribution in [2.45, 2.75) is 19.3 Å². The summed E-state index contributed by atoms with van der Waals surface area (Å²) in [5.41, 5.74) is 2.75. The van der Waals surface area contributed by atoms with E-state index in [-0.39, 0.29) is 11.7 Å². The molecule has 1 N–H and O–H groups in total. The molecule has 0 unspecified atom stereocenters. The van der Waals surface area contributed by atoms with Crippen LogP contribution < -0.4 is 4.90 Å². The second-order valence-electron chi connectivity index (χ2n) is 5.09. The monoisotopic (exact) mass is 267 g/mol. The molecule has 1 aliphatic heterocycles. The van der Waals surface area contributed by atoms with Crippen molar-refractivity contribution < 1.29 is 9.90 Å². The Morgan fingerprint density at radius 2 is 1.90 bits per heavy atom. The predicted molar refractivity (Wildman–Crippen MR) is 79.2 cm³/mol. The van der Waals surface area contributed by atoms with E-state index in [0.29, 0.717) is 5.56 Å². The van der Waals surface area contributed by atoms with E-state index in [1.807, 2.05) is 23.1 Å². The molecule has 3 nitrogen and oxygen atoms in total. The standard InChI is InChI=1S/C17H17NO2/c19-15-9-5-8-14(12-15)17(20)18-11-4-3-7-13-6-1-2-10-16(13)18/h1-2,5-6,8-10,12,19H,3-4,7,11H2. The van der Waals surface area contributed by atoms with Gasteiger partial charge < -0.3 is 10.0 Å². The van der Waals surface area contributed by atoms with Crippen LogP contribution in [0.3, 0.4) is 0 Å². The predicted octanol–water partition coefficient (Wildman–Crippen LogP) is 3.38. The van der Waals surface area contributed by atoms with Crippen LogP contribution in [0.15, 0.2) is 48.5 Å². The van der Waals surface area contributed by atoms with Gasteiger partial charge in [-0.15, -0.1) is 0 Å². The number of benzene rings is 2. The number of hydrogen-bond acceptors (Lipinski definition) is 2. The number of carbonyl (C=O) groups excluding carboxylic acids is 1. The number of fused-ring (bicyclic) bond motifs is 1. The summed E-state index contributed by atoms with van der Waals surface area (Å²) >= 11 is 0. The Labute approximate surface area is 118 Å². The molecule has 0 aromatic heterocycles. The van der Waals surface area contributed by atoms with Crippen LogP contribution in [0.1, 0.15) is 28.8 Å². The maximum atomic E-state index is 12.7. The highest BCUT2D eigenvalue weighted by Crippen LogP contribution is 2.27. The highest BCUT2D eigenvalue weighted by molar-refractivity contribution is 6.06. The van der Waals surface area contributed by atoms with Gasteiger partial charge in [-0.05, 0) is 49.1 Å². The van der Waals surface area contributed by atoms with Gasteiger partial charge in [0, 0.05) is 17.8 Å². The largest absolute Gasteiger partial charge is 0.508 e. The van der Waals surface area contributed by atoms with Crippen LogP contribution in [0.4, 0.5) is 5.69 Å². The van der Waals surface area contributed by atoms with E-state index in [1.54, 1.807) is 18.2 Å². The van der Waals surface area contributed by atoms with Crippen LogP contribution in [-0.2, 0) is 6.42 Å². The molecule has 0 aliphatic carbocycles. The summed E-state index contributed by atoms with van der Waals surface area (Å²) in [6.45, 7) is 0.728. The fourth-order valence-electron chi connectivity index (χ4n) is 2.70. The molecular formula is C17H17NO2. The van der Waals surface area contributed by atoms with Crippen LogP contribution in [-0.4, -0.2) is 17.6 Å². The van der Waals surface area contributed by atoms with Crippen molar-refractivity contribution in [1.82, 2.24) is 0 Å². The fraction of sp³-hybridized carbons (Fsp3) is 0.235. The average Bonchev–Trinajstić information content (AvgIpc) is 2.69. The Morgan fingerprint density at radius 3 is 2.75 bits per heavy atom. The Balaban J connectivity index is 1.99. The lowest BCUT2D eigenvalue weighted by molar-refractivity contribution is 0.0986. The molecule has 1 heterocycles. The highest BCUT2D eigenvalue weighted by atomic mass is 16.3. The van der Waals surface area contributed by atoms with Gasteiger partial charge in [0.2, 0.25) is 0 Å². The quantitative estimate of drug-likeness (QED) is 0.860. The molecule has 0 bridgehead atoms. The number of hydrogen-bond donors (Lipinski definition) is 1. The van der Waals surface area contributed by atoms with Gasteiger partial charge in [0.1, 0.15) is 5.75 Å². The number of rotatable bonds is 1. The number of aromatic hydroxyl groups is 1. The van der Waals surface area contributed by atoms with E-state index in [4.69, 9.17) is 0 Å². The number of phenols is 1. The number of phenolic OH excluding ortho intramolecular Hbond substituents is 1. The number of anilines is 1. The van der Waals surface area contributed by atoms with Gasteiger partial charge in [0.05, 0.1) is 0 Å². The third-order valence-corrected chi connectivity index (χ3v) is 3.70. The molecule has 3 heteroatoms. The van der Waals surface area contributed by atoms with Gasteiger partial charge in [0.25, 0.3) is 5.91 Å². The minimum absolute atomic E-state index is 0.0461. The molecular weight excluding hydrogens is 250 g/mol. The van der Waals surface area contributed by atoms with Crippen molar-refractivity contribution in [3.63, 3.8) is 0 Å². The molecule has 0 atom stereocenters. The van der Waals surface area contributed by atoms with E-state index in [2.05, 4.69) is 6.07 Å². The maximum absolute atomic E-state index is 12.7. The van der Waals surface area contributed by atoms with E-state index in [1.165, 1.54) is 11.6 Å². The number of amides is 1. The Morgan fingerprint density at radius 1 is 1.05 bits per heavy atom. The molecule has 0 saturated heterocycles. The number of carbonyl (C=O) groups is 1. The topological polar surface area (TPSA) is 40.5 Å². The van der Waals surface area contributed by atoms with E-state index in [0.717, 1.165) is 31.5 Å². The Bertz CT molecular complexity index is 636. The van der Waals surface area contributed by atoms with E-state index < -0.39 is 0 Å². The molecule has 102 valence electrons. The zero-order chi connectivity index (χ0) is 13.9. The molecule has 0 radical (unpaired) electrons. The lowest BCUT2D eigenvalue weighted by Gasteiger charge is -2.23. The molecule has 0 fully saturated rings. The van der Waals surface area contributed by atoms with E-state index in [9.17, 15) is 9.90 Å². The lowest BCUT2D eigenvalue weighted by Crippen LogP contribution is -2.31. The smallest absolute Gasteiger partial charge is 0.258 e. The summed E-state index contributed by atoms with van der Waals surface area (Å²) in [5, 5.41) is 9.54. The van der Waals surface area contributed by atoms with Crippen LogP contribution in [0, 0.1) is 0 Å². The molecule has 2 aromatic rings. The molecule has 1 amide bonds. The SMILES string of the molecule is O=C(c1cccc(O)c1)N1CCCCc2ccccc21. The normalized spacial score (nSPS) is 14.5. The lowest BCUT2D eigenvalue weighted by atomic mass is 10.1. The third kappa shape index (κ3) is 2.39. The highest BCUT2D eigenvalue weighted by Gasteiger charge is 2.22. The minimum atomic E-state index is -0.0461. The molecule has 2 aromatic carbocycles. The van der Waals surface area contributed by atoms with Gasteiger partial charge in [-0.1, -0.05) is 24.3 Å². The number of para-hydroxylation sites is 1. The second kappa shape index (κ2) is 5.37. The van der Waals surface area contributed by atoms with Crippen molar-refractivity contribution in [3.05, 3.63) is 59.7 Å². The van der Waals surface area contributed by atoms with Gasteiger partial charge in [0.15, 0.2) is 0 Å². The van der Waals surface area contributed by atoms with Crippen LogP contribution >= 0.6 is 0 Å². The van der Waals surface area contributed by atoms with Gasteiger partial charge >= 0.3 is 0 Å². The van der Waals surface area contributed by atoms with Crippen molar-refractivity contribution in [3.8, 4) is 5.75 Å². The molecule has 1 aliphatic rings. The molecule has 20 heavy (non-hydrogen) atoms. The van der Waals surface area contributed by atoms with Crippen molar-refractivity contribution in [2.75, 3.05) is 11.4 Å². The first kappa shape index (κ1) is 12.7. The first-order chi connectivity index (χ1) is 9.75. The molecule has 3 rings (SSSR count). The van der Waals surface area contributed by atoms with Crippen molar-refractivity contribution >= 4 is 11.6 Å².